The van der Waals surface area contributed by atoms with Gasteiger partial charge in [-0.3, -0.25) is 4.79 Å². The van der Waals surface area contributed by atoms with Crippen molar-refractivity contribution in [3.63, 3.8) is 0 Å². The monoisotopic (exact) mass is 596 g/mol. The third kappa shape index (κ3) is 13.2. The van der Waals surface area contributed by atoms with E-state index in [1.807, 2.05) is 0 Å². The van der Waals surface area contributed by atoms with Crippen LogP contribution in [0.5, 0.6) is 0 Å². The maximum absolute atomic E-state index is 13.0. The second-order valence-corrected chi connectivity index (χ2v) is 12.1. The number of carbonyl (C=O) groups excluding carboxylic acids is 1. The topological polar surface area (TPSA) is 89.3 Å². The van der Waals surface area contributed by atoms with E-state index in [9.17, 15) is 48.3 Å². The molecule has 0 saturated carbocycles. The average Bonchev–Trinajstić information content (AvgIpc) is 2.79. The number of halogens is 8. The smallest absolute Gasteiger partial charge is 0.398 e. The normalized spacial score (nSPS) is 13.9. The summed E-state index contributed by atoms with van der Waals surface area (Å²) in [5, 5.41) is 2.48. The fourth-order valence-corrected chi connectivity index (χ4v) is 5.30. The number of nitrogens with two attached hydrogens (primary N) is 1. The maximum Gasteiger partial charge on any atom is 0.453 e. The van der Waals surface area contributed by atoms with Crippen molar-refractivity contribution in [2.24, 2.45) is 5.92 Å². The largest absolute Gasteiger partial charge is 0.453 e. The molecular weight excluding hydrogens is 560 g/mol. The summed E-state index contributed by atoms with van der Waals surface area (Å²) in [6, 6.07) is 3.20. The van der Waals surface area contributed by atoms with Crippen LogP contribution in [0.15, 0.2) is 18.2 Å². The molecule has 1 rings (SSSR count). The van der Waals surface area contributed by atoms with Gasteiger partial charge in [0.15, 0.2) is 0 Å². The lowest BCUT2D eigenvalue weighted by Gasteiger charge is -2.19. The van der Waals surface area contributed by atoms with Crippen LogP contribution >= 0.6 is 0 Å². The highest BCUT2D eigenvalue weighted by atomic mass is 32.2. The molecule has 0 aliphatic carbocycles. The van der Waals surface area contributed by atoms with E-state index in [1.165, 1.54) is 6.07 Å². The third-order valence-electron chi connectivity index (χ3n) is 6.28. The highest BCUT2D eigenvalue weighted by molar-refractivity contribution is 7.91. The van der Waals surface area contributed by atoms with Crippen molar-refractivity contribution in [2.45, 2.75) is 95.8 Å². The van der Waals surface area contributed by atoms with E-state index >= 15 is 0 Å². The highest BCUT2D eigenvalue weighted by Gasteiger charge is 2.56. The summed E-state index contributed by atoms with van der Waals surface area (Å²) in [6.45, 7) is 1.69. The van der Waals surface area contributed by atoms with Crippen LogP contribution in [-0.4, -0.2) is 37.9 Å². The molecule has 1 unspecified atom stereocenters. The maximum atomic E-state index is 13.0. The molecule has 1 aromatic rings. The zero-order chi connectivity index (χ0) is 29.9. The van der Waals surface area contributed by atoms with Gasteiger partial charge in [0.2, 0.25) is 5.91 Å². The fraction of sp³-hybridized carbons (Fsp3) is 0.720. The molecule has 0 aliphatic heterocycles. The van der Waals surface area contributed by atoms with Crippen LogP contribution in [0.2, 0.25) is 0 Å². The summed E-state index contributed by atoms with van der Waals surface area (Å²) >= 11 is 0. The zero-order valence-corrected chi connectivity index (χ0v) is 22.6. The molecule has 0 aliphatic rings. The quantitative estimate of drug-likeness (QED) is 0.109. The van der Waals surface area contributed by atoms with Crippen molar-refractivity contribution in [2.75, 3.05) is 22.6 Å². The Bertz CT molecular complexity index is 1010. The van der Waals surface area contributed by atoms with Crippen LogP contribution in [0.3, 0.4) is 0 Å². The van der Waals surface area contributed by atoms with Crippen LogP contribution in [0, 0.1) is 5.92 Å². The number of benzene rings is 1. The number of hydrogen-bond acceptors (Lipinski definition) is 4. The van der Waals surface area contributed by atoms with E-state index in [2.05, 4.69) is 5.32 Å². The van der Waals surface area contributed by atoms with Gasteiger partial charge in [-0.15, -0.1) is 0 Å². The van der Waals surface area contributed by atoms with Gasteiger partial charge in [-0.2, -0.15) is 35.1 Å². The summed E-state index contributed by atoms with van der Waals surface area (Å²) in [7, 11) is -3.69. The van der Waals surface area contributed by atoms with Gasteiger partial charge < -0.3 is 11.1 Å². The van der Waals surface area contributed by atoms with Crippen molar-refractivity contribution < 1.29 is 48.3 Å². The molecule has 0 spiro atoms. The lowest BCUT2D eigenvalue weighted by Crippen LogP contribution is -2.36. The molecule has 0 heterocycles. The number of rotatable bonds is 17. The number of amides is 1. The number of nitrogen functional groups attached to an aromatic ring is 1. The first-order valence-corrected chi connectivity index (χ1v) is 14.6. The molecule has 0 radical (unpaired) electrons. The van der Waals surface area contributed by atoms with E-state index in [4.69, 9.17) is 5.73 Å². The zero-order valence-electron chi connectivity index (χ0n) is 21.7. The number of sulfone groups is 1. The molecular formula is C25H36F8N2O3S. The highest BCUT2D eigenvalue weighted by Crippen LogP contribution is 2.39. The molecule has 1 atom stereocenters. The fourth-order valence-electron chi connectivity index (χ4n) is 3.87. The second kappa shape index (κ2) is 15.0. The summed E-state index contributed by atoms with van der Waals surface area (Å²) in [5.74, 6) is -6.65. The van der Waals surface area contributed by atoms with E-state index in [1.54, 1.807) is 6.92 Å². The standard InChI is InChI=1S/C25H36F8N2O3S/c1-18(22(36)35-19-12-13-21(34)20(17-19)24(28,29)30)11-8-6-4-2-3-5-7-9-15-39(37,38)16-10-14-23(26,27)25(31,32)33/h12-13,17-18H,2-11,14-16,34H2,1H3,(H,35,36). The van der Waals surface area contributed by atoms with Gasteiger partial charge in [0.05, 0.1) is 17.1 Å². The van der Waals surface area contributed by atoms with Crippen LogP contribution in [0.1, 0.15) is 83.1 Å². The van der Waals surface area contributed by atoms with Gasteiger partial charge in [-0.05, 0) is 37.5 Å². The Morgan fingerprint density at radius 1 is 0.846 bits per heavy atom. The Hall–Kier alpha value is -2.12. The van der Waals surface area contributed by atoms with E-state index in [0.717, 1.165) is 50.7 Å². The number of nitrogens with one attached hydrogen (secondary N) is 1. The lowest BCUT2D eigenvalue weighted by atomic mass is 10.0. The first-order chi connectivity index (χ1) is 17.9. The summed E-state index contributed by atoms with van der Waals surface area (Å²) < 4.78 is 125. The predicted molar refractivity (Wildman–Crippen MR) is 134 cm³/mol. The first kappa shape index (κ1) is 34.9. The van der Waals surface area contributed by atoms with E-state index in [-0.39, 0.29) is 11.4 Å². The molecule has 5 nitrogen and oxygen atoms in total. The molecule has 3 N–H and O–H groups in total. The van der Waals surface area contributed by atoms with Crippen LogP contribution in [0.4, 0.5) is 46.5 Å². The van der Waals surface area contributed by atoms with Gasteiger partial charge in [-0.25, -0.2) is 8.42 Å². The number of anilines is 2. The van der Waals surface area contributed by atoms with Crippen molar-refractivity contribution in [3.8, 4) is 0 Å². The molecule has 0 bridgehead atoms. The summed E-state index contributed by atoms with van der Waals surface area (Å²) in [4.78, 5) is 12.3. The predicted octanol–water partition coefficient (Wildman–Crippen LogP) is 7.77. The van der Waals surface area contributed by atoms with Crippen LogP contribution < -0.4 is 11.1 Å². The van der Waals surface area contributed by atoms with E-state index in [0.29, 0.717) is 19.3 Å². The van der Waals surface area contributed by atoms with Crippen LogP contribution in [0.25, 0.3) is 0 Å². The number of alkyl halides is 8. The molecule has 1 aromatic carbocycles. The molecule has 226 valence electrons. The molecule has 39 heavy (non-hydrogen) atoms. The number of carbonyl (C=O) groups is 1. The molecule has 14 heteroatoms. The van der Waals surface area contributed by atoms with Crippen molar-refractivity contribution in [1.82, 2.24) is 0 Å². The van der Waals surface area contributed by atoms with Gasteiger partial charge >= 0.3 is 18.3 Å². The van der Waals surface area contributed by atoms with Crippen LogP contribution in [-0.2, 0) is 20.8 Å². The van der Waals surface area contributed by atoms with Crippen molar-refractivity contribution >= 4 is 27.1 Å². The minimum atomic E-state index is -5.69. The number of unbranched alkanes of at least 4 members (excludes halogenated alkanes) is 7. The Labute approximate surface area is 223 Å². The van der Waals surface area contributed by atoms with Crippen molar-refractivity contribution in [1.29, 1.82) is 0 Å². The molecule has 1 amide bonds. The minimum absolute atomic E-state index is 0.0178. The SMILES string of the molecule is CC(CCCCCCCCCCS(=O)(=O)CCCC(F)(F)C(F)(F)F)C(=O)Nc1ccc(N)c(C(F)(F)F)c1. The number of hydrogen-bond donors (Lipinski definition) is 2. The van der Waals surface area contributed by atoms with Gasteiger partial charge in [0.1, 0.15) is 9.84 Å². The Morgan fingerprint density at radius 3 is 1.90 bits per heavy atom. The van der Waals surface area contributed by atoms with Gasteiger partial charge in [0.25, 0.3) is 0 Å². The molecule has 0 saturated heterocycles. The minimum Gasteiger partial charge on any atom is -0.398 e. The van der Waals surface area contributed by atoms with Gasteiger partial charge in [-0.1, -0.05) is 51.9 Å². The molecule has 0 aromatic heterocycles. The first-order valence-electron chi connectivity index (χ1n) is 12.8. The summed E-state index contributed by atoms with van der Waals surface area (Å²) in [5.41, 5.74) is 3.94. The second-order valence-electron chi connectivity index (χ2n) is 9.76. The Morgan fingerprint density at radius 2 is 1.36 bits per heavy atom. The van der Waals surface area contributed by atoms with E-state index < -0.39 is 69.8 Å². The van der Waals surface area contributed by atoms with Crippen molar-refractivity contribution in [3.05, 3.63) is 23.8 Å². The Kier molecular flexibility index (Phi) is 13.5. The Balaban J connectivity index is 2.15. The lowest BCUT2D eigenvalue weighted by molar-refractivity contribution is -0.284. The average molecular weight is 597 g/mol. The summed E-state index contributed by atoms with van der Waals surface area (Å²) in [6.07, 6.45) is -6.22. The van der Waals surface area contributed by atoms with Gasteiger partial charge in [0, 0.05) is 23.7 Å². The third-order valence-corrected chi connectivity index (χ3v) is 8.10. The molecule has 0 fully saturated rings.